The van der Waals surface area contributed by atoms with Crippen molar-refractivity contribution >= 4 is 17.8 Å². The van der Waals surface area contributed by atoms with Gasteiger partial charge in [0.25, 0.3) is 0 Å². The number of aryl methyl sites for hydroxylation is 2. The van der Waals surface area contributed by atoms with Crippen LogP contribution in [0.25, 0.3) is 6.08 Å². The molecule has 0 bridgehead atoms. The first-order chi connectivity index (χ1) is 17.1. The molecular weight excluding hydrogens is 436 g/mol. The monoisotopic (exact) mass is 470 g/mol. The quantitative estimate of drug-likeness (QED) is 0.469. The van der Waals surface area contributed by atoms with Crippen molar-refractivity contribution in [1.29, 1.82) is 0 Å². The lowest BCUT2D eigenvalue weighted by molar-refractivity contribution is -0.125. The molecule has 182 valence electrons. The number of rotatable bonds is 7. The molecule has 1 aliphatic rings. The Hall–Kier alpha value is -3.67. The van der Waals surface area contributed by atoms with E-state index in [4.69, 9.17) is 14.7 Å². The zero-order valence-corrected chi connectivity index (χ0v) is 20.9. The molecule has 3 aromatic rings. The van der Waals surface area contributed by atoms with Gasteiger partial charge in [0.2, 0.25) is 5.91 Å². The summed E-state index contributed by atoms with van der Waals surface area (Å²) < 4.78 is 5.31. The van der Waals surface area contributed by atoms with E-state index in [0.29, 0.717) is 6.54 Å². The number of carbonyl (C=O) groups is 1. The Balaban J connectivity index is 1.52. The van der Waals surface area contributed by atoms with Crippen molar-refractivity contribution in [2.75, 3.05) is 38.2 Å². The van der Waals surface area contributed by atoms with E-state index in [-0.39, 0.29) is 5.91 Å². The molecule has 1 fully saturated rings. The van der Waals surface area contributed by atoms with Crippen LogP contribution in [0.4, 0.5) is 5.82 Å². The minimum atomic E-state index is 0.0577. The van der Waals surface area contributed by atoms with Crippen molar-refractivity contribution in [3.8, 4) is 5.75 Å². The van der Waals surface area contributed by atoms with E-state index in [1.165, 1.54) is 11.1 Å². The summed E-state index contributed by atoms with van der Waals surface area (Å²) in [5.74, 6) is 2.70. The van der Waals surface area contributed by atoms with E-state index in [0.717, 1.165) is 67.5 Å². The maximum atomic E-state index is 12.9. The summed E-state index contributed by atoms with van der Waals surface area (Å²) in [7, 11) is 1.68. The van der Waals surface area contributed by atoms with Crippen LogP contribution in [0, 0.1) is 6.92 Å². The lowest BCUT2D eigenvalue weighted by atomic mass is 10.0. The highest BCUT2D eigenvalue weighted by molar-refractivity contribution is 5.91. The molecule has 0 unspecified atom stereocenters. The van der Waals surface area contributed by atoms with Gasteiger partial charge in [-0.25, -0.2) is 9.97 Å². The molecule has 1 amide bonds. The number of hydrogen-bond acceptors (Lipinski definition) is 5. The van der Waals surface area contributed by atoms with Crippen molar-refractivity contribution < 1.29 is 9.53 Å². The normalized spacial score (nSPS) is 14.3. The van der Waals surface area contributed by atoms with Crippen LogP contribution in [0.3, 0.4) is 0 Å². The second kappa shape index (κ2) is 11.6. The fourth-order valence-electron chi connectivity index (χ4n) is 4.51. The third-order valence-corrected chi connectivity index (χ3v) is 6.38. The minimum absolute atomic E-state index is 0.0577. The summed E-state index contributed by atoms with van der Waals surface area (Å²) >= 11 is 0. The van der Waals surface area contributed by atoms with Crippen LogP contribution < -0.4 is 9.64 Å². The van der Waals surface area contributed by atoms with Crippen molar-refractivity contribution in [1.82, 2.24) is 14.9 Å². The van der Waals surface area contributed by atoms with Crippen molar-refractivity contribution in [2.24, 2.45) is 0 Å². The maximum Gasteiger partial charge on any atom is 0.246 e. The van der Waals surface area contributed by atoms with Crippen LogP contribution in [0.2, 0.25) is 0 Å². The highest BCUT2D eigenvalue weighted by atomic mass is 16.5. The summed E-state index contributed by atoms with van der Waals surface area (Å²) in [5, 5.41) is 0. The standard InChI is InChI=1S/C29H34N4O2/c1-4-27-26(21-24-11-14-25(35-3)15-12-24)29(31-22(2)30-27)33-18-8-17-32(19-20-33)28(34)16-13-23-9-6-5-7-10-23/h5-7,9-16H,4,8,17-21H2,1-3H3. The Morgan fingerprint density at radius 3 is 2.49 bits per heavy atom. The van der Waals surface area contributed by atoms with E-state index in [1.54, 1.807) is 13.2 Å². The molecule has 0 N–H and O–H groups in total. The smallest absolute Gasteiger partial charge is 0.246 e. The molecule has 0 spiro atoms. The number of amides is 1. The third kappa shape index (κ3) is 6.27. The average molecular weight is 471 g/mol. The van der Waals surface area contributed by atoms with Crippen LogP contribution >= 0.6 is 0 Å². The number of nitrogens with zero attached hydrogens (tertiary/aromatic N) is 4. The lowest BCUT2D eigenvalue weighted by Gasteiger charge is -2.26. The number of aromatic nitrogens is 2. The molecule has 0 radical (unpaired) electrons. The number of anilines is 1. The van der Waals surface area contributed by atoms with Gasteiger partial charge in [0, 0.05) is 49.9 Å². The predicted octanol–water partition coefficient (Wildman–Crippen LogP) is 4.70. The van der Waals surface area contributed by atoms with Gasteiger partial charge in [0.05, 0.1) is 7.11 Å². The number of benzene rings is 2. The first-order valence-corrected chi connectivity index (χ1v) is 12.3. The average Bonchev–Trinajstić information content (AvgIpc) is 3.15. The minimum Gasteiger partial charge on any atom is -0.497 e. The summed E-state index contributed by atoms with van der Waals surface area (Å²) in [6.45, 7) is 7.13. The van der Waals surface area contributed by atoms with Crippen LogP contribution in [0.15, 0.2) is 60.7 Å². The largest absolute Gasteiger partial charge is 0.497 e. The molecule has 35 heavy (non-hydrogen) atoms. The first kappa shape index (κ1) is 24.5. The van der Waals surface area contributed by atoms with E-state index in [1.807, 2.05) is 60.4 Å². The summed E-state index contributed by atoms with van der Waals surface area (Å²) in [6, 6.07) is 18.1. The van der Waals surface area contributed by atoms with Crippen LogP contribution in [0.1, 0.15) is 41.6 Å². The van der Waals surface area contributed by atoms with Crippen molar-refractivity contribution in [3.63, 3.8) is 0 Å². The van der Waals surface area contributed by atoms with Crippen LogP contribution in [-0.2, 0) is 17.6 Å². The molecule has 0 aliphatic carbocycles. The third-order valence-electron chi connectivity index (χ3n) is 6.38. The van der Waals surface area contributed by atoms with Gasteiger partial charge >= 0.3 is 0 Å². The molecule has 0 atom stereocenters. The molecule has 1 aromatic heterocycles. The number of ether oxygens (including phenoxy) is 1. The SMILES string of the molecule is CCc1nc(C)nc(N2CCCN(C(=O)C=Cc3ccccc3)CC2)c1Cc1ccc(OC)cc1. The summed E-state index contributed by atoms with van der Waals surface area (Å²) in [6.07, 6.45) is 6.09. The van der Waals surface area contributed by atoms with Gasteiger partial charge in [-0.05, 0) is 49.1 Å². The summed E-state index contributed by atoms with van der Waals surface area (Å²) in [4.78, 5) is 26.8. The topological polar surface area (TPSA) is 58.6 Å². The zero-order valence-electron chi connectivity index (χ0n) is 20.9. The summed E-state index contributed by atoms with van der Waals surface area (Å²) in [5.41, 5.74) is 4.49. The molecule has 1 saturated heterocycles. The molecular formula is C29H34N4O2. The highest BCUT2D eigenvalue weighted by Gasteiger charge is 2.23. The van der Waals surface area contributed by atoms with Gasteiger partial charge in [0.15, 0.2) is 0 Å². The van der Waals surface area contributed by atoms with Gasteiger partial charge in [-0.15, -0.1) is 0 Å². The fraction of sp³-hybridized carbons (Fsp3) is 0.345. The van der Waals surface area contributed by atoms with E-state index in [9.17, 15) is 4.79 Å². The van der Waals surface area contributed by atoms with Gasteiger partial charge in [-0.3, -0.25) is 4.79 Å². The fourth-order valence-corrected chi connectivity index (χ4v) is 4.51. The zero-order chi connectivity index (χ0) is 24.6. The lowest BCUT2D eigenvalue weighted by Crippen LogP contribution is -2.35. The maximum absolute atomic E-state index is 12.9. The Kier molecular flexibility index (Phi) is 8.14. The van der Waals surface area contributed by atoms with E-state index >= 15 is 0 Å². The second-order valence-electron chi connectivity index (χ2n) is 8.81. The van der Waals surface area contributed by atoms with Crippen LogP contribution in [-0.4, -0.2) is 54.1 Å². The molecule has 0 saturated carbocycles. The molecule has 6 heteroatoms. The number of methoxy groups -OCH3 is 1. The second-order valence-corrected chi connectivity index (χ2v) is 8.81. The Morgan fingerprint density at radius 2 is 1.77 bits per heavy atom. The number of hydrogen-bond donors (Lipinski definition) is 0. The predicted molar refractivity (Wildman–Crippen MR) is 141 cm³/mol. The Bertz CT molecular complexity index is 1160. The Morgan fingerprint density at radius 1 is 1.00 bits per heavy atom. The van der Waals surface area contributed by atoms with Gasteiger partial charge in [0.1, 0.15) is 17.4 Å². The first-order valence-electron chi connectivity index (χ1n) is 12.3. The molecule has 2 heterocycles. The van der Waals surface area contributed by atoms with E-state index in [2.05, 4.69) is 24.0 Å². The molecule has 4 rings (SSSR count). The van der Waals surface area contributed by atoms with Crippen LogP contribution in [0.5, 0.6) is 5.75 Å². The number of carbonyl (C=O) groups excluding carboxylic acids is 1. The Labute approximate surface area is 208 Å². The van der Waals surface area contributed by atoms with Crippen molar-refractivity contribution in [3.05, 3.63) is 88.9 Å². The molecule has 2 aromatic carbocycles. The molecule has 6 nitrogen and oxygen atoms in total. The van der Waals surface area contributed by atoms with E-state index < -0.39 is 0 Å². The van der Waals surface area contributed by atoms with Gasteiger partial charge in [-0.2, -0.15) is 0 Å². The van der Waals surface area contributed by atoms with Crippen molar-refractivity contribution in [2.45, 2.75) is 33.1 Å². The highest BCUT2D eigenvalue weighted by Crippen LogP contribution is 2.27. The molecule has 1 aliphatic heterocycles. The van der Waals surface area contributed by atoms with Gasteiger partial charge < -0.3 is 14.5 Å². The van der Waals surface area contributed by atoms with Gasteiger partial charge in [-0.1, -0.05) is 49.4 Å².